The van der Waals surface area contributed by atoms with Crippen molar-refractivity contribution in [2.75, 3.05) is 6.54 Å². The highest BCUT2D eigenvalue weighted by Crippen LogP contribution is 2.24. The standard InChI is InChI=1S/C12H20N2O3/c15-11-5-4-10(14-11)7-13-9-3-1-2-8(6-9)12(16)17/h8-10,13H,1-7H2,(H,14,15)(H,16,17). The predicted molar refractivity (Wildman–Crippen MR) is 62.5 cm³/mol. The van der Waals surface area contributed by atoms with E-state index in [0.29, 0.717) is 12.5 Å². The molecule has 5 heteroatoms. The zero-order valence-corrected chi connectivity index (χ0v) is 9.95. The second-order valence-corrected chi connectivity index (χ2v) is 5.11. The first kappa shape index (κ1) is 12.4. The van der Waals surface area contributed by atoms with E-state index in [-0.39, 0.29) is 17.9 Å². The first-order valence-electron chi connectivity index (χ1n) is 6.40. The summed E-state index contributed by atoms with van der Waals surface area (Å²) in [4.78, 5) is 21.9. The fourth-order valence-corrected chi connectivity index (χ4v) is 2.74. The molecule has 1 amide bonds. The van der Waals surface area contributed by atoms with Gasteiger partial charge in [-0.3, -0.25) is 9.59 Å². The number of carboxylic acid groups (broad SMARTS) is 1. The Bertz CT molecular complexity index is 306. The maximum absolute atomic E-state index is 11.0. The van der Waals surface area contributed by atoms with Gasteiger partial charge >= 0.3 is 5.97 Å². The number of amides is 1. The second kappa shape index (κ2) is 5.49. The molecule has 2 rings (SSSR count). The molecule has 2 fully saturated rings. The Morgan fingerprint density at radius 2 is 2.24 bits per heavy atom. The van der Waals surface area contributed by atoms with Gasteiger partial charge in [-0.25, -0.2) is 0 Å². The first-order chi connectivity index (χ1) is 8.15. The molecule has 1 heterocycles. The van der Waals surface area contributed by atoms with Crippen LogP contribution in [0, 0.1) is 5.92 Å². The van der Waals surface area contributed by atoms with Crippen molar-refractivity contribution >= 4 is 11.9 Å². The number of hydrogen-bond acceptors (Lipinski definition) is 3. The quantitative estimate of drug-likeness (QED) is 0.668. The number of carboxylic acids is 1. The van der Waals surface area contributed by atoms with Crippen molar-refractivity contribution in [3.05, 3.63) is 0 Å². The van der Waals surface area contributed by atoms with Crippen LogP contribution in [0.15, 0.2) is 0 Å². The summed E-state index contributed by atoms with van der Waals surface area (Å²) in [6.45, 7) is 0.767. The molecule has 0 radical (unpaired) electrons. The van der Waals surface area contributed by atoms with Gasteiger partial charge in [-0.15, -0.1) is 0 Å². The molecule has 1 aliphatic heterocycles. The van der Waals surface area contributed by atoms with Gasteiger partial charge in [0.05, 0.1) is 5.92 Å². The highest BCUT2D eigenvalue weighted by molar-refractivity contribution is 5.78. The molecule has 0 spiro atoms. The van der Waals surface area contributed by atoms with Crippen LogP contribution in [0.2, 0.25) is 0 Å². The molecule has 0 bridgehead atoms. The minimum Gasteiger partial charge on any atom is -0.481 e. The average molecular weight is 240 g/mol. The van der Waals surface area contributed by atoms with E-state index in [2.05, 4.69) is 10.6 Å². The molecule has 3 N–H and O–H groups in total. The van der Waals surface area contributed by atoms with Crippen LogP contribution in [0.1, 0.15) is 38.5 Å². The van der Waals surface area contributed by atoms with Crippen molar-refractivity contribution in [2.24, 2.45) is 5.92 Å². The summed E-state index contributed by atoms with van der Waals surface area (Å²) in [6.07, 6.45) is 5.05. The first-order valence-corrected chi connectivity index (χ1v) is 6.40. The summed E-state index contributed by atoms with van der Waals surface area (Å²) in [6, 6.07) is 0.523. The summed E-state index contributed by atoms with van der Waals surface area (Å²) in [5, 5.41) is 15.3. The normalized spacial score (nSPS) is 33.4. The summed E-state index contributed by atoms with van der Waals surface area (Å²) in [7, 11) is 0. The topological polar surface area (TPSA) is 78.4 Å². The molecule has 2 aliphatic rings. The van der Waals surface area contributed by atoms with Gasteiger partial charge in [0.1, 0.15) is 0 Å². The zero-order valence-electron chi connectivity index (χ0n) is 9.95. The Labute approximate surface area is 101 Å². The zero-order chi connectivity index (χ0) is 12.3. The van der Waals surface area contributed by atoms with Crippen molar-refractivity contribution in [2.45, 2.75) is 50.6 Å². The molecular formula is C12H20N2O3. The van der Waals surface area contributed by atoms with Crippen LogP contribution in [-0.2, 0) is 9.59 Å². The van der Waals surface area contributed by atoms with Crippen LogP contribution in [0.3, 0.4) is 0 Å². The highest BCUT2D eigenvalue weighted by Gasteiger charge is 2.28. The molecule has 1 saturated heterocycles. The number of hydrogen-bond donors (Lipinski definition) is 3. The van der Waals surface area contributed by atoms with E-state index in [4.69, 9.17) is 5.11 Å². The van der Waals surface area contributed by atoms with Gasteiger partial charge in [-0.1, -0.05) is 6.42 Å². The van der Waals surface area contributed by atoms with E-state index in [1.54, 1.807) is 0 Å². The lowest BCUT2D eigenvalue weighted by Crippen LogP contribution is -2.43. The van der Waals surface area contributed by atoms with Gasteiger partial charge in [0, 0.05) is 25.0 Å². The van der Waals surface area contributed by atoms with Gasteiger partial charge in [0.2, 0.25) is 5.91 Å². The third-order valence-corrected chi connectivity index (χ3v) is 3.76. The third-order valence-electron chi connectivity index (χ3n) is 3.76. The van der Waals surface area contributed by atoms with Crippen LogP contribution in [0.25, 0.3) is 0 Å². The summed E-state index contributed by atoms with van der Waals surface area (Å²) in [5.41, 5.74) is 0. The predicted octanol–water partition coefficient (Wildman–Crippen LogP) is 0.498. The van der Waals surface area contributed by atoms with E-state index in [0.717, 1.165) is 38.6 Å². The largest absolute Gasteiger partial charge is 0.481 e. The molecule has 3 atom stereocenters. The van der Waals surface area contributed by atoms with Gasteiger partial charge in [0.15, 0.2) is 0 Å². The molecule has 1 saturated carbocycles. The number of carbonyl (C=O) groups is 2. The molecule has 0 aromatic rings. The SMILES string of the molecule is O=C1CCC(CNC2CCCC(C(=O)O)C2)N1. The molecule has 17 heavy (non-hydrogen) atoms. The average Bonchev–Trinajstić information content (AvgIpc) is 2.73. The van der Waals surface area contributed by atoms with E-state index in [1.165, 1.54) is 0 Å². The van der Waals surface area contributed by atoms with Gasteiger partial charge < -0.3 is 15.7 Å². The minimum atomic E-state index is -0.675. The van der Waals surface area contributed by atoms with Crippen LogP contribution < -0.4 is 10.6 Å². The van der Waals surface area contributed by atoms with Crippen molar-refractivity contribution in [3.63, 3.8) is 0 Å². The lowest BCUT2D eigenvalue weighted by atomic mass is 9.86. The molecule has 1 aliphatic carbocycles. The Hall–Kier alpha value is -1.10. The smallest absolute Gasteiger partial charge is 0.306 e. The lowest BCUT2D eigenvalue weighted by molar-refractivity contribution is -0.143. The maximum atomic E-state index is 11.0. The fourth-order valence-electron chi connectivity index (χ4n) is 2.74. The summed E-state index contributed by atoms with van der Waals surface area (Å²) >= 11 is 0. The number of nitrogens with one attached hydrogen (secondary N) is 2. The highest BCUT2D eigenvalue weighted by atomic mass is 16.4. The maximum Gasteiger partial charge on any atom is 0.306 e. The Balaban J connectivity index is 1.71. The minimum absolute atomic E-state index is 0.129. The van der Waals surface area contributed by atoms with Crippen molar-refractivity contribution < 1.29 is 14.7 Å². The van der Waals surface area contributed by atoms with E-state index in [9.17, 15) is 9.59 Å². The Kier molecular flexibility index (Phi) is 3.99. The second-order valence-electron chi connectivity index (χ2n) is 5.11. The van der Waals surface area contributed by atoms with Gasteiger partial charge in [0.25, 0.3) is 0 Å². The molecule has 0 aromatic heterocycles. The molecule has 96 valence electrons. The number of rotatable bonds is 4. The molecule has 0 aromatic carbocycles. The fraction of sp³-hybridized carbons (Fsp3) is 0.833. The van der Waals surface area contributed by atoms with Gasteiger partial charge in [-0.2, -0.15) is 0 Å². The van der Waals surface area contributed by atoms with Gasteiger partial charge in [-0.05, 0) is 25.7 Å². The van der Waals surface area contributed by atoms with Crippen molar-refractivity contribution in [3.8, 4) is 0 Å². The summed E-state index contributed by atoms with van der Waals surface area (Å²) < 4.78 is 0. The van der Waals surface area contributed by atoms with E-state index in [1.807, 2.05) is 0 Å². The van der Waals surface area contributed by atoms with Crippen molar-refractivity contribution in [1.29, 1.82) is 0 Å². The van der Waals surface area contributed by atoms with Crippen LogP contribution in [0.4, 0.5) is 0 Å². The van der Waals surface area contributed by atoms with Crippen LogP contribution in [-0.4, -0.2) is 35.6 Å². The van der Waals surface area contributed by atoms with Crippen LogP contribution >= 0.6 is 0 Å². The van der Waals surface area contributed by atoms with Crippen LogP contribution in [0.5, 0.6) is 0 Å². The monoisotopic (exact) mass is 240 g/mol. The van der Waals surface area contributed by atoms with E-state index >= 15 is 0 Å². The number of aliphatic carboxylic acids is 1. The molecule has 3 unspecified atom stereocenters. The van der Waals surface area contributed by atoms with Crippen molar-refractivity contribution in [1.82, 2.24) is 10.6 Å². The summed E-state index contributed by atoms with van der Waals surface area (Å²) in [5.74, 6) is -0.742. The molecule has 5 nitrogen and oxygen atoms in total. The number of carbonyl (C=O) groups excluding carboxylic acids is 1. The lowest BCUT2D eigenvalue weighted by Gasteiger charge is -2.28. The van der Waals surface area contributed by atoms with E-state index < -0.39 is 5.97 Å². The Morgan fingerprint density at radius 3 is 2.88 bits per heavy atom. The molecular weight excluding hydrogens is 220 g/mol. The third kappa shape index (κ3) is 3.43. The Morgan fingerprint density at radius 1 is 1.41 bits per heavy atom.